The van der Waals surface area contributed by atoms with Gasteiger partial charge in [-0.1, -0.05) is 27.5 Å². The molecule has 0 aliphatic carbocycles. The van der Waals surface area contributed by atoms with Crippen LogP contribution in [0.5, 0.6) is 5.75 Å². The monoisotopic (exact) mass is 336 g/mol. The Morgan fingerprint density at radius 2 is 2.16 bits per heavy atom. The van der Waals surface area contributed by atoms with E-state index in [1.165, 1.54) is 0 Å². The van der Waals surface area contributed by atoms with Crippen LogP contribution >= 0.6 is 27.5 Å². The molecule has 0 unspecified atom stereocenters. The Kier molecular flexibility index (Phi) is 4.78. The first-order chi connectivity index (χ1) is 9.22. The molecule has 0 N–H and O–H groups in total. The summed E-state index contributed by atoms with van der Waals surface area (Å²) in [5.41, 5.74) is 2.28. The summed E-state index contributed by atoms with van der Waals surface area (Å²) in [5, 5.41) is 10.1. The van der Waals surface area contributed by atoms with Crippen molar-refractivity contribution >= 4 is 27.5 Å². The average molecular weight is 338 g/mol. The Morgan fingerprint density at radius 1 is 1.32 bits per heavy atom. The van der Waals surface area contributed by atoms with Gasteiger partial charge in [-0.05, 0) is 35.9 Å². The van der Waals surface area contributed by atoms with Gasteiger partial charge in [-0.25, -0.2) is 4.98 Å². The lowest BCUT2D eigenvalue weighted by Crippen LogP contribution is -1.99. The van der Waals surface area contributed by atoms with Crippen LogP contribution in [0.15, 0.2) is 36.5 Å². The Bertz CT molecular complexity index is 625. The molecule has 0 amide bonds. The van der Waals surface area contributed by atoms with Crippen LogP contribution in [0.25, 0.3) is 0 Å². The number of benzene rings is 1. The van der Waals surface area contributed by atoms with Crippen molar-refractivity contribution in [2.45, 2.75) is 11.9 Å². The third-order valence-electron chi connectivity index (χ3n) is 2.50. The molecule has 0 spiro atoms. The molecule has 2 aromatic rings. The third kappa shape index (κ3) is 3.69. The van der Waals surface area contributed by atoms with Gasteiger partial charge in [0.1, 0.15) is 24.1 Å². The predicted molar refractivity (Wildman–Crippen MR) is 77.4 cm³/mol. The second-order valence-corrected chi connectivity index (χ2v) is 4.83. The first-order valence-corrected chi connectivity index (χ1v) is 7.05. The van der Waals surface area contributed by atoms with Crippen LogP contribution in [0.1, 0.15) is 16.8 Å². The quantitative estimate of drug-likeness (QED) is 0.790. The summed E-state index contributed by atoms with van der Waals surface area (Å²) in [5.74, 6) is 0.775. The maximum Gasteiger partial charge on any atom is 0.140 e. The van der Waals surface area contributed by atoms with Gasteiger partial charge in [-0.2, -0.15) is 5.26 Å². The molecule has 3 nitrogen and oxygen atoms in total. The van der Waals surface area contributed by atoms with Crippen molar-refractivity contribution in [1.29, 1.82) is 5.26 Å². The minimum absolute atomic E-state index is 0.387. The Labute approximate surface area is 124 Å². The Balaban J connectivity index is 2.12. The molecule has 0 atom stereocenters. The van der Waals surface area contributed by atoms with E-state index in [-0.39, 0.29) is 0 Å². The lowest BCUT2D eigenvalue weighted by atomic mass is 10.2. The molecule has 0 radical (unpaired) electrons. The van der Waals surface area contributed by atoms with Gasteiger partial charge in [0.05, 0.1) is 0 Å². The van der Waals surface area contributed by atoms with Gasteiger partial charge in [0.15, 0.2) is 0 Å². The number of nitrogens with zero attached hydrogens (tertiary/aromatic N) is 2. The molecule has 1 aromatic carbocycles. The maximum absolute atomic E-state index is 8.79. The molecule has 96 valence electrons. The fourth-order valence-corrected chi connectivity index (χ4v) is 2.21. The smallest absolute Gasteiger partial charge is 0.140 e. The average Bonchev–Trinajstić information content (AvgIpc) is 2.46. The van der Waals surface area contributed by atoms with Crippen LogP contribution in [0.4, 0.5) is 0 Å². The van der Waals surface area contributed by atoms with E-state index in [1.807, 2.05) is 24.3 Å². The number of rotatable bonds is 4. The van der Waals surface area contributed by atoms with Gasteiger partial charge >= 0.3 is 0 Å². The third-order valence-corrected chi connectivity index (χ3v) is 3.34. The highest BCUT2D eigenvalue weighted by atomic mass is 79.9. The normalized spacial score (nSPS) is 9.95. The van der Waals surface area contributed by atoms with E-state index < -0.39 is 0 Å². The van der Waals surface area contributed by atoms with Crippen molar-refractivity contribution in [2.75, 3.05) is 0 Å². The summed E-state index contributed by atoms with van der Waals surface area (Å²) in [7, 11) is 0. The predicted octanol–water partition coefficient (Wildman–Crippen LogP) is 4.08. The van der Waals surface area contributed by atoms with Gasteiger partial charge in [0, 0.05) is 22.1 Å². The Hall–Kier alpha value is -1.57. The molecule has 0 fully saturated rings. The largest absolute Gasteiger partial charge is 0.489 e. The number of halogens is 2. The molecule has 0 aliphatic heterocycles. The molecule has 0 bridgehead atoms. The highest BCUT2D eigenvalue weighted by Crippen LogP contribution is 2.25. The second-order valence-electron chi connectivity index (χ2n) is 3.84. The molecular weight excluding hydrogens is 328 g/mol. The fraction of sp³-hybridized carbons (Fsp3) is 0.143. The number of nitriles is 1. The topological polar surface area (TPSA) is 45.9 Å². The first kappa shape index (κ1) is 13.9. The van der Waals surface area contributed by atoms with Gasteiger partial charge < -0.3 is 4.74 Å². The van der Waals surface area contributed by atoms with Crippen molar-refractivity contribution in [3.05, 3.63) is 58.4 Å². The van der Waals surface area contributed by atoms with Crippen LogP contribution in [0.3, 0.4) is 0 Å². The lowest BCUT2D eigenvalue weighted by Gasteiger charge is -2.10. The van der Waals surface area contributed by atoms with Gasteiger partial charge in [-0.15, -0.1) is 0 Å². The zero-order valence-corrected chi connectivity index (χ0v) is 12.3. The van der Waals surface area contributed by atoms with E-state index in [2.05, 4.69) is 20.9 Å². The fourth-order valence-electron chi connectivity index (χ4n) is 1.58. The summed E-state index contributed by atoms with van der Waals surface area (Å²) in [6, 6.07) is 11.0. The van der Waals surface area contributed by atoms with E-state index in [1.54, 1.807) is 18.3 Å². The number of aromatic nitrogens is 1. The first-order valence-electron chi connectivity index (χ1n) is 5.55. The molecule has 19 heavy (non-hydrogen) atoms. The molecule has 0 saturated carbocycles. The highest BCUT2D eigenvalue weighted by Gasteiger charge is 2.04. The SMILES string of the molecule is N#Cc1cc(COc2ccc(Cl)cc2CBr)ccn1. The van der Waals surface area contributed by atoms with E-state index in [0.717, 1.165) is 16.9 Å². The highest BCUT2D eigenvalue weighted by molar-refractivity contribution is 9.08. The second kappa shape index (κ2) is 6.55. The van der Waals surface area contributed by atoms with Crippen molar-refractivity contribution < 1.29 is 4.74 Å². The zero-order valence-electron chi connectivity index (χ0n) is 9.94. The summed E-state index contributed by atoms with van der Waals surface area (Å²) < 4.78 is 5.74. The number of ether oxygens (including phenoxy) is 1. The standard InChI is InChI=1S/C14H10BrClN2O/c15-7-11-6-12(16)1-2-14(11)19-9-10-3-4-18-13(5-10)8-17/h1-6H,7,9H2. The summed E-state index contributed by atoms with van der Waals surface area (Å²) in [4.78, 5) is 3.92. The van der Waals surface area contributed by atoms with Gasteiger partial charge in [0.2, 0.25) is 0 Å². The number of alkyl halides is 1. The van der Waals surface area contributed by atoms with Crippen LogP contribution in [-0.4, -0.2) is 4.98 Å². The van der Waals surface area contributed by atoms with E-state index in [0.29, 0.717) is 22.7 Å². The van der Waals surface area contributed by atoms with E-state index >= 15 is 0 Å². The van der Waals surface area contributed by atoms with Crippen LogP contribution in [-0.2, 0) is 11.9 Å². The van der Waals surface area contributed by atoms with Crippen LogP contribution < -0.4 is 4.74 Å². The molecule has 0 saturated heterocycles. The molecule has 0 aliphatic rings. The van der Waals surface area contributed by atoms with Gasteiger partial charge in [0.25, 0.3) is 0 Å². The van der Waals surface area contributed by atoms with Crippen LogP contribution in [0.2, 0.25) is 5.02 Å². The van der Waals surface area contributed by atoms with Crippen molar-refractivity contribution in [3.63, 3.8) is 0 Å². The minimum Gasteiger partial charge on any atom is -0.489 e. The van der Waals surface area contributed by atoms with E-state index in [9.17, 15) is 0 Å². The number of hydrogen-bond acceptors (Lipinski definition) is 3. The minimum atomic E-state index is 0.387. The number of hydrogen-bond donors (Lipinski definition) is 0. The molecule has 2 rings (SSSR count). The van der Waals surface area contributed by atoms with Crippen LogP contribution in [0, 0.1) is 11.3 Å². The van der Waals surface area contributed by atoms with E-state index in [4.69, 9.17) is 21.6 Å². The van der Waals surface area contributed by atoms with Crippen molar-refractivity contribution in [2.24, 2.45) is 0 Å². The molecular formula is C14H10BrClN2O. The lowest BCUT2D eigenvalue weighted by molar-refractivity contribution is 0.304. The van der Waals surface area contributed by atoms with Crippen molar-refractivity contribution in [1.82, 2.24) is 4.98 Å². The Morgan fingerprint density at radius 3 is 2.89 bits per heavy atom. The maximum atomic E-state index is 8.79. The molecule has 5 heteroatoms. The summed E-state index contributed by atoms with van der Waals surface area (Å²) in [6.07, 6.45) is 1.60. The zero-order chi connectivity index (χ0) is 13.7. The molecule has 1 heterocycles. The molecule has 1 aromatic heterocycles. The summed E-state index contributed by atoms with van der Waals surface area (Å²) in [6.45, 7) is 0.388. The summed E-state index contributed by atoms with van der Waals surface area (Å²) >= 11 is 9.33. The van der Waals surface area contributed by atoms with Crippen molar-refractivity contribution in [3.8, 4) is 11.8 Å². The number of pyridine rings is 1. The van der Waals surface area contributed by atoms with Gasteiger partial charge in [-0.3, -0.25) is 0 Å².